The van der Waals surface area contributed by atoms with Crippen molar-refractivity contribution < 1.29 is 4.79 Å². The van der Waals surface area contributed by atoms with E-state index in [1.54, 1.807) is 0 Å². The summed E-state index contributed by atoms with van der Waals surface area (Å²) in [6.07, 6.45) is 5.46. The number of rotatable bonds is 5. The number of fused-ring (bicyclic) bond motifs is 2. The van der Waals surface area contributed by atoms with Gasteiger partial charge in [-0.05, 0) is 49.1 Å². The van der Waals surface area contributed by atoms with Crippen molar-refractivity contribution in [1.29, 1.82) is 0 Å². The zero-order valence-corrected chi connectivity index (χ0v) is 15.9. The Morgan fingerprint density at radius 1 is 1.38 bits per heavy atom. The molecule has 0 bridgehead atoms. The predicted molar refractivity (Wildman–Crippen MR) is 101 cm³/mol. The standard InChI is InChI=1S/C20H30N2O.ClH/c1-14(2)18(21)10-12-22(3)19(23)17-13-20(17)11-6-8-15-7-4-5-9-16(15)20;/h4-5,7,9,14,17-18H,6,8,10-13,21H2,1-3H3;1H. The van der Waals surface area contributed by atoms with Crippen LogP contribution in [0.25, 0.3) is 0 Å². The molecule has 3 nitrogen and oxygen atoms in total. The van der Waals surface area contributed by atoms with Crippen molar-refractivity contribution in [3.8, 4) is 0 Å². The maximum Gasteiger partial charge on any atom is 0.226 e. The number of carbonyl (C=O) groups excluding carboxylic acids is 1. The molecule has 2 aliphatic rings. The second-order valence-electron chi connectivity index (χ2n) is 7.88. The number of amides is 1. The van der Waals surface area contributed by atoms with E-state index in [1.165, 1.54) is 24.0 Å². The maximum absolute atomic E-state index is 12.9. The lowest BCUT2D eigenvalue weighted by atomic mass is 9.78. The molecular formula is C20H31ClN2O. The van der Waals surface area contributed by atoms with Crippen LogP contribution in [-0.4, -0.2) is 30.4 Å². The van der Waals surface area contributed by atoms with E-state index < -0.39 is 0 Å². The predicted octanol–water partition coefficient (Wildman–Crippen LogP) is 3.53. The average Bonchev–Trinajstić information content (AvgIpc) is 3.26. The lowest BCUT2D eigenvalue weighted by molar-refractivity contribution is -0.131. The first-order chi connectivity index (χ1) is 11.0. The Bertz CT molecular complexity index is 589. The molecule has 1 spiro atoms. The van der Waals surface area contributed by atoms with Crippen molar-refractivity contribution in [2.24, 2.45) is 17.6 Å². The van der Waals surface area contributed by atoms with Gasteiger partial charge in [-0.2, -0.15) is 0 Å². The van der Waals surface area contributed by atoms with Gasteiger partial charge in [-0.1, -0.05) is 38.1 Å². The third-order valence-electron chi connectivity index (χ3n) is 6.03. The molecule has 1 saturated carbocycles. The third-order valence-corrected chi connectivity index (χ3v) is 6.03. The van der Waals surface area contributed by atoms with Crippen molar-refractivity contribution in [3.05, 3.63) is 35.4 Å². The van der Waals surface area contributed by atoms with Crippen LogP contribution in [0.5, 0.6) is 0 Å². The minimum atomic E-state index is 0. The van der Waals surface area contributed by atoms with Gasteiger partial charge in [-0.3, -0.25) is 4.79 Å². The smallest absolute Gasteiger partial charge is 0.226 e. The number of hydrogen-bond donors (Lipinski definition) is 1. The largest absolute Gasteiger partial charge is 0.345 e. The van der Waals surface area contributed by atoms with Crippen LogP contribution < -0.4 is 5.73 Å². The number of aryl methyl sites for hydroxylation is 1. The van der Waals surface area contributed by atoms with Gasteiger partial charge in [-0.15, -0.1) is 12.4 Å². The summed E-state index contributed by atoms with van der Waals surface area (Å²) in [5, 5.41) is 0. The van der Waals surface area contributed by atoms with E-state index in [0.717, 1.165) is 25.8 Å². The molecule has 1 aromatic carbocycles. The van der Waals surface area contributed by atoms with Gasteiger partial charge in [0.1, 0.15) is 0 Å². The summed E-state index contributed by atoms with van der Waals surface area (Å²) in [5.74, 6) is 0.970. The number of hydrogen-bond acceptors (Lipinski definition) is 2. The SMILES string of the molecule is CC(C)C(N)CCN(C)C(=O)C1CC12CCCc1ccccc12.Cl. The second kappa shape index (κ2) is 7.45. The molecular weight excluding hydrogens is 320 g/mol. The number of nitrogens with zero attached hydrogens (tertiary/aromatic N) is 1. The molecule has 1 amide bonds. The Kier molecular flexibility index (Phi) is 5.98. The molecule has 2 N–H and O–H groups in total. The first-order valence-electron chi connectivity index (χ1n) is 9.04. The first-order valence-corrected chi connectivity index (χ1v) is 9.04. The van der Waals surface area contributed by atoms with Crippen LogP contribution in [0, 0.1) is 11.8 Å². The number of nitrogens with two attached hydrogens (primary N) is 1. The van der Waals surface area contributed by atoms with Crippen LogP contribution >= 0.6 is 12.4 Å². The number of benzene rings is 1. The summed E-state index contributed by atoms with van der Waals surface area (Å²) < 4.78 is 0. The fraction of sp³-hybridized carbons (Fsp3) is 0.650. The molecule has 0 saturated heterocycles. The fourth-order valence-corrected chi connectivity index (χ4v) is 4.21. The molecule has 3 unspecified atom stereocenters. The van der Waals surface area contributed by atoms with Gasteiger partial charge in [0.15, 0.2) is 0 Å². The Balaban J connectivity index is 0.00000208. The van der Waals surface area contributed by atoms with Crippen LogP contribution in [-0.2, 0) is 16.6 Å². The third kappa shape index (κ3) is 3.48. The normalized spacial score (nSPS) is 25.8. The van der Waals surface area contributed by atoms with Crippen LogP contribution in [0.3, 0.4) is 0 Å². The molecule has 0 heterocycles. The van der Waals surface area contributed by atoms with Crippen LogP contribution in [0.1, 0.15) is 50.7 Å². The Hall–Kier alpha value is -1.06. The van der Waals surface area contributed by atoms with Crippen LogP contribution in [0.4, 0.5) is 0 Å². The lowest BCUT2D eigenvalue weighted by Gasteiger charge is -2.28. The van der Waals surface area contributed by atoms with Crippen LogP contribution in [0.2, 0.25) is 0 Å². The van der Waals surface area contributed by atoms with Gasteiger partial charge in [0, 0.05) is 31.0 Å². The molecule has 134 valence electrons. The van der Waals surface area contributed by atoms with Crippen molar-refractivity contribution in [2.75, 3.05) is 13.6 Å². The highest BCUT2D eigenvalue weighted by Crippen LogP contribution is 2.60. The summed E-state index contributed by atoms with van der Waals surface area (Å²) in [4.78, 5) is 14.8. The highest BCUT2D eigenvalue weighted by atomic mass is 35.5. The Morgan fingerprint density at radius 2 is 2.08 bits per heavy atom. The van der Waals surface area contributed by atoms with E-state index in [-0.39, 0.29) is 29.8 Å². The van der Waals surface area contributed by atoms with Gasteiger partial charge >= 0.3 is 0 Å². The molecule has 3 atom stereocenters. The van der Waals surface area contributed by atoms with Crippen molar-refractivity contribution in [2.45, 2.75) is 57.4 Å². The molecule has 0 aliphatic heterocycles. The summed E-state index contributed by atoms with van der Waals surface area (Å²) in [5.41, 5.74) is 9.16. The van der Waals surface area contributed by atoms with E-state index in [0.29, 0.717) is 11.8 Å². The fourth-order valence-electron chi connectivity index (χ4n) is 4.21. The molecule has 24 heavy (non-hydrogen) atoms. The number of halogens is 1. The zero-order valence-electron chi connectivity index (χ0n) is 15.1. The van der Waals surface area contributed by atoms with Crippen LogP contribution in [0.15, 0.2) is 24.3 Å². The van der Waals surface area contributed by atoms with Crippen molar-refractivity contribution in [1.82, 2.24) is 4.90 Å². The molecule has 4 heteroatoms. The molecule has 0 aromatic heterocycles. The zero-order chi connectivity index (χ0) is 16.6. The second-order valence-corrected chi connectivity index (χ2v) is 7.88. The van der Waals surface area contributed by atoms with E-state index in [2.05, 4.69) is 38.1 Å². The summed E-state index contributed by atoms with van der Waals surface area (Å²) >= 11 is 0. The highest BCUT2D eigenvalue weighted by Gasteiger charge is 2.60. The van der Waals surface area contributed by atoms with Gasteiger partial charge in [-0.25, -0.2) is 0 Å². The molecule has 3 rings (SSSR count). The van der Waals surface area contributed by atoms with E-state index in [9.17, 15) is 4.79 Å². The first kappa shape index (κ1) is 19.3. The summed E-state index contributed by atoms with van der Waals surface area (Å²) in [6, 6.07) is 8.90. The minimum Gasteiger partial charge on any atom is -0.345 e. The number of carbonyl (C=O) groups is 1. The van der Waals surface area contributed by atoms with Gasteiger partial charge in [0.25, 0.3) is 0 Å². The van der Waals surface area contributed by atoms with Gasteiger partial charge in [0.05, 0.1) is 0 Å². The van der Waals surface area contributed by atoms with Gasteiger partial charge < -0.3 is 10.6 Å². The van der Waals surface area contributed by atoms with E-state index >= 15 is 0 Å². The quantitative estimate of drug-likeness (QED) is 0.882. The average molecular weight is 351 g/mol. The highest BCUT2D eigenvalue weighted by molar-refractivity contribution is 5.85. The monoisotopic (exact) mass is 350 g/mol. The van der Waals surface area contributed by atoms with E-state index in [1.807, 2.05) is 11.9 Å². The lowest BCUT2D eigenvalue weighted by Crippen LogP contribution is -2.36. The molecule has 1 aromatic rings. The summed E-state index contributed by atoms with van der Waals surface area (Å²) in [7, 11) is 1.94. The topological polar surface area (TPSA) is 46.3 Å². The molecule has 1 fully saturated rings. The van der Waals surface area contributed by atoms with Crippen molar-refractivity contribution in [3.63, 3.8) is 0 Å². The molecule has 2 aliphatic carbocycles. The summed E-state index contributed by atoms with van der Waals surface area (Å²) in [6.45, 7) is 5.05. The van der Waals surface area contributed by atoms with Gasteiger partial charge in [0.2, 0.25) is 5.91 Å². The van der Waals surface area contributed by atoms with E-state index in [4.69, 9.17) is 5.73 Å². The maximum atomic E-state index is 12.9. The van der Waals surface area contributed by atoms with Crippen molar-refractivity contribution >= 4 is 18.3 Å². The Morgan fingerprint density at radius 3 is 2.79 bits per heavy atom. The molecule has 0 radical (unpaired) electrons. The minimum absolute atomic E-state index is 0. The Labute approximate surface area is 152 Å².